The maximum absolute atomic E-state index is 13.1. The molecule has 0 aromatic heterocycles. The van der Waals surface area contributed by atoms with Gasteiger partial charge in [-0.1, -0.05) is 25.4 Å². The molecule has 1 fully saturated rings. The molecule has 0 bridgehead atoms. The van der Waals surface area contributed by atoms with Gasteiger partial charge in [-0.3, -0.25) is 14.5 Å². The first-order chi connectivity index (χ1) is 11.3. The Kier molecular flexibility index (Phi) is 6.18. The summed E-state index contributed by atoms with van der Waals surface area (Å²) in [6.07, 6.45) is 0. The number of benzene rings is 1. The third-order valence-corrected chi connectivity index (χ3v) is 4.54. The average Bonchev–Trinajstić information content (AvgIpc) is 2.54. The molecule has 5 nitrogen and oxygen atoms in total. The first-order valence-electron chi connectivity index (χ1n) is 7.91. The molecule has 0 aliphatic carbocycles. The predicted octanol–water partition coefficient (Wildman–Crippen LogP) is 2.43. The molecule has 1 aliphatic heterocycles. The summed E-state index contributed by atoms with van der Waals surface area (Å²) in [6.45, 7) is 6.04. The van der Waals surface area contributed by atoms with Crippen LogP contribution in [0.5, 0.6) is 0 Å². The summed E-state index contributed by atoms with van der Waals surface area (Å²) < 4.78 is 18.0. The number of hydrogen-bond donors (Lipinski definition) is 0. The van der Waals surface area contributed by atoms with Crippen LogP contribution in [0.2, 0.25) is 5.02 Å². The van der Waals surface area contributed by atoms with Crippen molar-refractivity contribution < 1.29 is 18.7 Å². The number of ether oxygens (including phenoxy) is 1. The number of halogens is 2. The highest BCUT2D eigenvalue weighted by Gasteiger charge is 2.33. The van der Waals surface area contributed by atoms with Gasteiger partial charge in [0.2, 0.25) is 0 Å². The van der Waals surface area contributed by atoms with Gasteiger partial charge in [-0.05, 0) is 24.1 Å². The Bertz CT molecular complexity index is 616. The second-order valence-corrected chi connectivity index (χ2v) is 6.57. The van der Waals surface area contributed by atoms with E-state index in [1.54, 1.807) is 4.90 Å². The summed E-state index contributed by atoms with van der Waals surface area (Å²) in [4.78, 5) is 28.2. The molecule has 0 spiro atoms. The van der Waals surface area contributed by atoms with Crippen LogP contribution < -0.4 is 0 Å². The van der Waals surface area contributed by atoms with Crippen LogP contribution in [0.15, 0.2) is 18.2 Å². The molecular weight excluding hydrogens is 335 g/mol. The summed E-state index contributed by atoms with van der Waals surface area (Å²) in [5.74, 6) is -0.837. The van der Waals surface area contributed by atoms with Crippen LogP contribution in [-0.4, -0.2) is 61.0 Å². The van der Waals surface area contributed by atoms with Crippen molar-refractivity contribution >= 4 is 23.5 Å². The maximum atomic E-state index is 13.1. The Morgan fingerprint density at radius 3 is 2.33 bits per heavy atom. The minimum absolute atomic E-state index is 0.108. The smallest absolute Gasteiger partial charge is 0.323 e. The fourth-order valence-electron chi connectivity index (χ4n) is 3.00. The molecule has 1 heterocycles. The van der Waals surface area contributed by atoms with Crippen LogP contribution in [0.3, 0.4) is 0 Å². The number of hydrogen-bond acceptors (Lipinski definition) is 4. The number of amides is 1. The molecule has 1 aromatic carbocycles. The Labute approximate surface area is 146 Å². The number of nitrogens with zero attached hydrogens (tertiary/aromatic N) is 2. The third kappa shape index (κ3) is 4.05. The zero-order valence-corrected chi connectivity index (χ0v) is 14.8. The van der Waals surface area contributed by atoms with E-state index in [2.05, 4.69) is 0 Å². The van der Waals surface area contributed by atoms with Crippen molar-refractivity contribution in [3.8, 4) is 0 Å². The van der Waals surface area contributed by atoms with E-state index in [4.69, 9.17) is 16.3 Å². The van der Waals surface area contributed by atoms with Gasteiger partial charge >= 0.3 is 5.97 Å². The van der Waals surface area contributed by atoms with Crippen molar-refractivity contribution in [2.45, 2.75) is 19.9 Å². The van der Waals surface area contributed by atoms with Crippen LogP contribution in [0.4, 0.5) is 4.39 Å². The van der Waals surface area contributed by atoms with Crippen molar-refractivity contribution in [1.29, 1.82) is 0 Å². The molecule has 1 amide bonds. The number of esters is 1. The highest BCUT2D eigenvalue weighted by atomic mass is 35.5. The van der Waals surface area contributed by atoms with Crippen molar-refractivity contribution in [2.24, 2.45) is 5.92 Å². The molecule has 1 saturated heterocycles. The standard InChI is InChI=1S/C17H22ClFN2O3/c1-11(2)15(17(23)24-3)20-6-8-21(9-7-20)16(22)13-5-4-12(19)10-14(13)18/h4-5,10-11,15H,6-9H2,1-3H3/t15-/m0/s1. The Morgan fingerprint density at radius 1 is 1.21 bits per heavy atom. The summed E-state index contributed by atoms with van der Waals surface area (Å²) >= 11 is 5.97. The molecule has 1 aliphatic rings. The van der Waals surface area contributed by atoms with Crippen molar-refractivity contribution in [3.63, 3.8) is 0 Å². The van der Waals surface area contributed by atoms with E-state index >= 15 is 0 Å². The lowest BCUT2D eigenvalue weighted by molar-refractivity contribution is -0.149. The molecule has 2 rings (SSSR count). The first kappa shape index (κ1) is 18.7. The normalized spacial score (nSPS) is 17.0. The van der Waals surface area contributed by atoms with E-state index in [0.717, 1.165) is 6.07 Å². The predicted molar refractivity (Wildman–Crippen MR) is 89.5 cm³/mol. The fraction of sp³-hybridized carbons (Fsp3) is 0.529. The molecule has 24 heavy (non-hydrogen) atoms. The molecule has 0 N–H and O–H groups in total. The maximum Gasteiger partial charge on any atom is 0.323 e. The molecule has 0 radical (unpaired) electrons. The highest BCUT2D eigenvalue weighted by molar-refractivity contribution is 6.33. The van der Waals surface area contributed by atoms with Gasteiger partial charge in [-0.15, -0.1) is 0 Å². The van der Waals surface area contributed by atoms with Crippen LogP contribution in [0.25, 0.3) is 0 Å². The van der Waals surface area contributed by atoms with Crippen molar-refractivity contribution in [2.75, 3.05) is 33.3 Å². The summed E-state index contributed by atoms with van der Waals surface area (Å²) in [5.41, 5.74) is 0.292. The average molecular weight is 357 g/mol. The summed E-state index contributed by atoms with van der Waals surface area (Å²) in [6, 6.07) is 3.44. The topological polar surface area (TPSA) is 49.9 Å². The lowest BCUT2D eigenvalue weighted by Crippen LogP contribution is -2.55. The lowest BCUT2D eigenvalue weighted by Gasteiger charge is -2.39. The van der Waals surface area contributed by atoms with Crippen LogP contribution in [0, 0.1) is 11.7 Å². The molecular formula is C17H22ClFN2O3. The number of carbonyl (C=O) groups excluding carboxylic acids is 2. The Morgan fingerprint density at radius 2 is 1.83 bits per heavy atom. The number of carbonyl (C=O) groups is 2. The van der Waals surface area contributed by atoms with E-state index in [1.165, 1.54) is 19.2 Å². The third-order valence-electron chi connectivity index (χ3n) is 4.23. The van der Waals surface area contributed by atoms with Gasteiger partial charge in [0.05, 0.1) is 17.7 Å². The number of methoxy groups -OCH3 is 1. The second-order valence-electron chi connectivity index (χ2n) is 6.16. The SMILES string of the molecule is COC(=O)[C@H](C(C)C)N1CCN(C(=O)c2ccc(F)cc2Cl)CC1. The van der Waals surface area contributed by atoms with E-state index in [9.17, 15) is 14.0 Å². The van der Waals surface area contributed by atoms with E-state index in [0.29, 0.717) is 31.7 Å². The highest BCUT2D eigenvalue weighted by Crippen LogP contribution is 2.21. The van der Waals surface area contributed by atoms with Crippen LogP contribution in [0.1, 0.15) is 24.2 Å². The van der Waals surface area contributed by atoms with E-state index < -0.39 is 5.82 Å². The Hall–Kier alpha value is -1.66. The fourth-order valence-corrected chi connectivity index (χ4v) is 3.25. The summed E-state index contributed by atoms with van der Waals surface area (Å²) in [5, 5.41) is 0.108. The van der Waals surface area contributed by atoms with Gasteiger partial charge in [0.25, 0.3) is 5.91 Å². The lowest BCUT2D eigenvalue weighted by atomic mass is 10.0. The minimum atomic E-state index is -0.473. The van der Waals surface area contributed by atoms with Gasteiger partial charge in [-0.25, -0.2) is 4.39 Å². The zero-order valence-electron chi connectivity index (χ0n) is 14.1. The van der Waals surface area contributed by atoms with E-state index in [1.807, 2.05) is 18.7 Å². The molecule has 0 saturated carbocycles. The van der Waals surface area contributed by atoms with Gasteiger partial charge in [-0.2, -0.15) is 0 Å². The quantitative estimate of drug-likeness (QED) is 0.777. The van der Waals surface area contributed by atoms with Crippen molar-refractivity contribution in [3.05, 3.63) is 34.6 Å². The monoisotopic (exact) mass is 356 g/mol. The largest absolute Gasteiger partial charge is 0.468 e. The molecule has 1 aromatic rings. The summed E-state index contributed by atoms with van der Waals surface area (Å²) in [7, 11) is 1.38. The number of rotatable bonds is 4. The van der Waals surface area contributed by atoms with Crippen LogP contribution in [-0.2, 0) is 9.53 Å². The van der Waals surface area contributed by atoms with E-state index in [-0.39, 0.29) is 28.9 Å². The van der Waals surface area contributed by atoms with Gasteiger partial charge in [0.15, 0.2) is 0 Å². The molecule has 1 atom stereocenters. The van der Waals surface area contributed by atoms with Crippen LogP contribution >= 0.6 is 11.6 Å². The van der Waals surface area contributed by atoms with Crippen molar-refractivity contribution in [1.82, 2.24) is 9.80 Å². The number of piperazine rings is 1. The first-order valence-corrected chi connectivity index (χ1v) is 8.29. The molecule has 0 unspecified atom stereocenters. The van der Waals surface area contributed by atoms with Gasteiger partial charge in [0, 0.05) is 26.2 Å². The van der Waals surface area contributed by atoms with Gasteiger partial charge < -0.3 is 9.64 Å². The zero-order chi connectivity index (χ0) is 17.9. The Balaban J connectivity index is 2.04. The molecule has 7 heteroatoms. The minimum Gasteiger partial charge on any atom is -0.468 e. The second kappa shape index (κ2) is 7.94. The van der Waals surface area contributed by atoms with Gasteiger partial charge in [0.1, 0.15) is 11.9 Å². The molecule has 132 valence electrons.